The number of aliphatic carboxylic acids is 1. The molecule has 0 fully saturated rings. The largest absolute Gasteiger partial charge is 0.481 e. The van der Waals surface area contributed by atoms with E-state index in [0.29, 0.717) is 0 Å². The van der Waals surface area contributed by atoms with Crippen molar-refractivity contribution in [1.29, 1.82) is 0 Å². The molecule has 2 amide bonds. The lowest BCUT2D eigenvalue weighted by Crippen LogP contribution is -2.36. The summed E-state index contributed by atoms with van der Waals surface area (Å²) in [6.07, 6.45) is 0.0510. The van der Waals surface area contributed by atoms with Gasteiger partial charge in [0.25, 0.3) is 0 Å². The van der Waals surface area contributed by atoms with Gasteiger partial charge in [-0.05, 0) is 6.92 Å². The zero-order chi connectivity index (χ0) is 11.8. The molecule has 0 aliphatic rings. The Labute approximate surface area is 88.0 Å². The van der Waals surface area contributed by atoms with E-state index in [2.05, 4.69) is 10.6 Å². The van der Waals surface area contributed by atoms with Crippen molar-refractivity contribution in [2.24, 2.45) is 0 Å². The molecule has 0 spiro atoms. The minimum absolute atomic E-state index is 0.105. The number of carboxylic acid groups (broad SMARTS) is 1. The van der Waals surface area contributed by atoms with E-state index >= 15 is 0 Å². The number of nitrogens with one attached hydrogen (secondary N) is 2. The Bertz CT molecular complexity index is 252. The summed E-state index contributed by atoms with van der Waals surface area (Å²) in [7, 11) is 0. The van der Waals surface area contributed by atoms with Gasteiger partial charge in [-0.3, -0.25) is 14.4 Å². The normalized spacial score (nSPS) is 11.6. The SMILES string of the molecule is CC(=O)NCCC(=O)NC(C)CC(=O)O. The zero-order valence-corrected chi connectivity index (χ0v) is 8.87. The van der Waals surface area contributed by atoms with Crippen LogP contribution in [0, 0.1) is 0 Å². The van der Waals surface area contributed by atoms with E-state index < -0.39 is 12.0 Å². The highest BCUT2D eigenvalue weighted by molar-refractivity contribution is 5.78. The summed E-state index contributed by atoms with van der Waals surface area (Å²) >= 11 is 0. The molecule has 15 heavy (non-hydrogen) atoms. The fraction of sp³-hybridized carbons (Fsp3) is 0.667. The van der Waals surface area contributed by atoms with Gasteiger partial charge in [0.05, 0.1) is 6.42 Å². The Balaban J connectivity index is 3.64. The monoisotopic (exact) mass is 216 g/mol. The molecule has 6 nitrogen and oxygen atoms in total. The first-order valence-electron chi connectivity index (χ1n) is 4.67. The van der Waals surface area contributed by atoms with Crippen LogP contribution in [0.4, 0.5) is 0 Å². The van der Waals surface area contributed by atoms with Crippen LogP contribution in [0.25, 0.3) is 0 Å². The van der Waals surface area contributed by atoms with Crippen molar-refractivity contribution in [1.82, 2.24) is 10.6 Å². The minimum atomic E-state index is -0.954. The van der Waals surface area contributed by atoms with Gasteiger partial charge in [0.15, 0.2) is 0 Å². The van der Waals surface area contributed by atoms with Gasteiger partial charge in [-0.2, -0.15) is 0 Å². The van der Waals surface area contributed by atoms with Crippen LogP contribution in [-0.4, -0.2) is 35.5 Å². The maximum absolute atomic E-state index is 11.2. The highest BCUT2D eigenvalue weighted by atomic mass is 16.4. The van der Waals surface area contributed by atoms with Crippen LogP contribution in [0.3, 0.4) is 0 Å². The topological polar surface area (TPSA) is 95.5 Å². The first-order chi connectivity index (χ1) is 6.91. The number of hydrogen-bond acceptors (Lipinski definition) is 3. The van der Waals surface area contributed by atoms with Gasteiger partial charge in [-0.25, -0.2) is 0 Å². The lowest BCUT2D eigenvalue weighted by molar-refractivity contribution is -0.137. The van der Waals surface area contributed by atoms with Crippen molar-refractivity contribution >= 4 is 17.8 Å². The van der Waals surface area contributed by atoms with Crippen LogP contribution in [0.15, 0.2) is 0 Å². The van der Waals surface area contributed by atoms with Crippen LogP contribution in [0.5, 0.6) is 0 Å². The molecule has 0 aliphatic carbocycles. The molecule has 0 heterocycles. The van der Waals surface area contributed by atoms with E-state index in [-0.39, 0.29) is 31.2 Å². The third-order valence-electron chi connectivity index (χ3n) is 1.61. The molecule has 3 N–H and O–H groups in total. The third kappa shape index (κ3) is 8.73. The van der Waals surface area contributed by atoms with Crippen molar-refractivity contribution < 1.29 is 19.5 Å². The molecular weight excluding hydrogens is 200 g/mol. The summed E-state index contributed by atoms with van der Waals surface area (Å²) in [5.74, 6) is -1.41. The predicted octanol–water partition coefficient (Wildman–Crippen LogP) is -0.508. The van der Waals surface area contributed by atoms with Crippen molar-refractivity contribution in [3.8, 4) is 0 Å². The van der Waals surface area contributed by atoms with Crippen LogP contribution in [-0.2, 0) is 14.4 Å². The van der Waals surface area contributed by atoms with Crippen molar-refractivity contribution in [3.05, 3.63) is 0 Å². The molecule has 6 heteroatoms. The Morgan fingerprint density at radius 1 is 1.33 bits per heavy atom. The Morgan fingerprint density at radius 2 is 1.93 bits per heavy atom. The van der Waals surface area contributed by atoms with E-state index in [1.165, 1.54) is 6.92 Å². The zero-order valence-electron chi connectivity index (χ0n) is 8.87. The van der Waals surface area contributed by atoms with Gasteiger partial charge in [0.1, 0.15) is 0 Å². The molecule has 1 atom stereocenters. The van der Waals surface area contributed by atoms with E-state index in [1.807, 2.05) is 0 Å². The Hall–Kier alpha value is -1.59. The average Bonchev–Trinajstić information content (AvgIpc) is 2.00. The molecule has 0 aliphatic heterocycles. The smallest absolute Gasteiger partial charge is 0.305 e. The maximum Gasteiger partial charge on any atom is 0.305 e. The second-order valence-electron chi connectivity index (χ2n) is 3.30. The van der Waals surface area contributed by atoms with Gasteiger partial charge < -0.3 is 15.7 Å². The van der Waals surface area contributed by atoms with E-state index in [0.717, 1.165) is 0 Å². The maximum atomic E-state index is 11.2. The Morgan fingerprint density at radius 3 is 2.40 bits per heavy atom. The standard InChI is InChI=1S/C9H16N2O4/c1-6(5-9(14)15)11-8(13)3-4-10-7(2)12/h6H,3-5H2,1-2H3,(H,10,12)(H,11,13)(H,14,15). The van der Waals surface area contributed by atoms with Gasteiger partial charge in [0, 0.05) is 25.9 Å². The van der Waals surface area contributed by atoms with Crippen molar-refractivity contribution in [2.75, 3.05) is 6.54 Å². The predicted molar refractivity (Wildman–Crippen MR) is 53.2 cm³/mol. The highest BCUT2D eigenvalue weighted by Gasteiger charge is 2.10. The van der Waals surface area contributed by atoms with Crippen molar-refractivity contribution in [3.63, 3.8) is 0 Å². The summed E-state index contributed by atoms with van der Waals surface area (Å²) < 4.78 is 0. The lowest BCUT2D eigenvalue weighted by Gasteiger charge is -2.11. The van der Waals surface area contributed by atoms with Gasteiger partial charge in [0.2, 0.25) is 11.8 Å². The fourth-order valence-corrected chi connectivity index (χ4v) is 1.01. The summed E-state index contributed by atoms with van der Waals surface area (Å²) in [6, 6.07) is -0.396. The number of amides is 2. The Kier molecular flexibility index (Phi) is 6.08. The molecule has 0 radical (unpaired) electrons. The molecule has 0 aromatic carbocycles. The van der Waals surface area contributed by atoms with Gasteiger partial charge in [-0.15, -0.1) is 0 Å². The van der Waals surface area contributed by atoms with Crippen molar-refractivity contribution in [2.45, 2.75) is 32.7 Å². The molecule has 0 bridgehead atoms. The number of carbonyl (C=O) groups excluding carboxylic acids is 2. The molecule has 0 rings (SSSR count). The third-order valence-corrected chi connectivity index (χ3v) is 1.61. The lowest BCUT2D eigenvalue weighted by atomic mass is 10.2. The molecule has 86 valence electrons. The summed E-state index contributed by atoms with van der Waals surface area (Å²) in [6.45, 7) is 3.25. The van der Waals surface area contributed by atoms with Gasteiger partial charge >= 0.3 is 5.97 Å². The first kappa shape index (κ1) is 13.4. The summed E-state index contributed by atoms with van der Waals surface area (Å²) in [4.78, 5) is 31.9. The second-order valence-corrected chi connectivity index (χ2v) is 3.30. The number of rotatable bonds is 6. The number of carbonyl (C=O) groups is 3. The molecule has 0 saturated heterocycles. The van der Waals surface area contributed by atoms with E-state index in [1.54, 1.807) is 6.92 Å². The molecule has 0 aromatic rings. The van der Waals surface area contributed by atoms with E-state index in [4.69, 9.17) is 5.11 Å². The number of hydrogen-bond donors (Lipinski definition) is 3. The first-order valence-corrected chi connectivity index (χ1v) is 4.67. The van der Waals surface area contributed by atoms with Crippen LogP contribution < -0.4 is 10.6 Å². The van der Waals surface area contributed by atoms with Gasteiger partial charge in [-0.1, -0.05) is 0 Å². The minimum Gasteiger partial charge on any atom is -0.481 e. The van der Waals surface area contributed by atoms with Crippen LogP contribution in [0.2, 0.25) is 0 Å². The number of carboxylic acids is 1. The van der Waals surface area contributed by atoms with Crippen LogP contribution in [0.1, 0.15) is 26.7 Å². The van der Waals surface area contributed by atoms with E-state index in [9.17, 15) is 14.4 Å². The van der Waals surface area contributed by atoms with Crippen LogP contribution >= 0.6 is 0 Å². The average molecular weight is 216 g/mol. The highest BCUT2D eigenvalue weighted by Crippen LogP contribution is 1.91. The summed E-state index contributed by atoms with van der Waals surface area (Å²) in [5.41, 5.74) is 0. The molecule has 0 aromatic heterocycles. The molecule has 0 saturated carbocycles. The second kappa shape index (κ2) is 6.80. The summed E-state index contributed by atoms with van der Waals surface area (Å²) in [5, 5.41) is 13.4. The quantitative estimate of drug-likeness (QED) is 0.557. The molecule has 1 unspecified atom stereocenters. The fourth-order valence-electron chi connectivity index (χ4n) is 1.01. The molecular formula is C9H16N2O4.